The normalized spacial score (nSPS) is 24.5. The van der Waals surface area contributed by atoms with Gasteiger partial charge in [0.2, 0.25) is 5.82 Å². The molecule has 1 aromatic heterocycles. The second-order valence-corrected chi connectivity index (χ2v) is 11.5. The van der Waals surface area contributed by atoms with Crippen LogP contribution in [0.5, 0.6) is 0 Å². The van der Waals surface area contributed by atoms with Crippen molar-refractivity contribution in [3.63, 3.8) is 0 Å². The first kappa shape index (κ1) is 27.2. The van der Waals surface area contributed by atoms with Crippen LogP contribution >= 0.6 is 6.64 Å². The fraction of sp³-hybridized carbons (Fsp3) is 0.762. The van der Waals surface area contributed by atoms with Gasteiger partial charge in [0, 0.05) is 6.61 Å². The molecule has 0 aliphatic carbocycles. The third kappa shape index (κ3) is 7.29. The molecule has 0 bridgehead atoms. The molecular formula is C21H33FN3O7PS. The third-order valence-corrected chi connectivity index (χ3v) is 8.29. The van der Waals surface area contributed by atoms with Crippen LogP contribution in [-0.2, 0) is 41.7 Å². The monoisotopic (exact) mass is 521 g/mol. The molecule has 3 rings (SSSR count). The maximum Gasteiger partial charge on any atom is 0.333 e. The molecular weight excluding hydrogens is 488 g/mol. The molecule has 192 valence electrons. The Labute approximate surface area is 202 Å². The molecule has 0 amide bonds. The summed E-state index contributed by atoms with van der Waals surface area (Å²) in [6, 6.07) is -0.737. The Morgan fingerprint density at radius 2 is 2.03 bits per heavy atom. The first-order chi connectivity index (χ1) is 16.3. The molecule has 10 nitrogen and oxygen atoms in total. The summed E-state index contributed by atoms with van der Waals surface area (Å²) in [6.07, 6.45) is 8.10. The van der Waals surface area contributed by atoms with E-state index in [1.807, 2.05) is 0 Å². The molecule has 3 atom stereocenters. The van der Waals surface area contributed by atoms with Crippen LogP contribution in [0, 0.1) is 5.82 Å². The van der Waals surface area contributed by atoms with Crippen molar-refractivity contribution in [3.8, 4) is 0 Å². The molecule has 0 aromatic carbocycles. The molecule has 2 aliphatic rings. The van der Waals surface area contributed by atoms with Crippen molar-refractivity contribution >= 4 is 24.4 Å². The number of rotatable bonds is 13. The molecule has 2 saturated heterocycles. The molecule has 2 aliphatic heterocycles. The maximum absolute atomic E-state index is 14.1. The van der Waals surface area contributed by atoms with E-state index in [1.54, 1.807) is 0 Å². The zero-order chi connectivity index (χ0) is 24.6. The summed E-state index contributed by atoms with van der Waals surface area (Å²) in [5.74, 6) is -1.51. The Kier molecular flexibility index (Phi) is 10.4. The van der Waals surface area contributed by atoms with Crippen molar-refractivity contribution in [1.29, 1.82) is 0 Å². The molecule has 1 N–H and O–H groups in total. The summed E-state index contributed by atoms with van der Waals surface area (Å²) in [5.41, 5.74) is -1.73. The van der Waals surface area contributed by atoms with Gasteiger partial charge in [0.25, 0.3) is 12.2 Å². The smallest absolute Gasteiger partial charge is 0.333 e. The van der Waals surface area contributed by atoms with Crippen LogP contribution in [-0.4, -0.2) is 47.6 Å². The molecule has 34 heavy (non-hydrogen) atoms. The van der Waals surface area contributed by atoms with Gasteiger partial charge >= 0.3 is 11.7 Å². The van der Waals surface area contributed by atoms with Gasteiger partial charge in [0.15, 0.2) is 0 Å². The minimum atomic E-state index is -3.01. The van der Waals surface area contributed by atoms with Gasteiger partial charge in [-0.3, -0.25) is 18.7 Å². The van der Waals surface area contributed by atoms with Crippen LogP contribution in [0.3, 0.4) is 0 Å². The standard InChI is InChI=1S/C21H33FN3O7PS/c1-2-3-4-5-6-7-11-30-20(27)17-15-32-33(34,23-17)31-13-10-24-19(26)16(22)14-25(21(24)28)18-9-8-12-29-18/h14,17-18H,2-13,15H2,1H3,(H,23,34)/t17-,18?,33?/m1/s1. The lowest BCUT2D eigenvalue weighted by Crippen LogP contribution is -2.43. The first-order valence-corrected chi connectivity index (χ1v) is 14.4. The summed E-state index contributed by atoms with van der Waals surface area (Å²) >= 11 is 5.36. The summed E-state index contributed by atoms with van der Waals surface area (Å²) < 4.78 is 37.8. The van der Waals surface area contributed by atoms with Crippen molar-refractivity contribution < 1.29 is 27.7 Å². The number of unbranched alkanes of at least 4 members (excludes halogenated alkanes) is 5. The van der Waals surface area contributed by atoms with E-state index in [-0.39, 0.29) is 19.8 Å². The Morgan fingerprint density at radius 1 is 1.26 bits per heavy atom. The van der Waals surface area contributed by atoms with Gasteiger partial charge in [-0.25, -0.2) is 9.88 Å². The number of esters is 1. The fourth-order valence-electron chi connectivity index (χ4n) is 3.81. The lowest BCUT2D eigenvalue weighted by molar-refractivity contribution is -0.145. The molecule has 13 heteroatoms. The van der Waals surface area contributed by atoms with E-state index in [9.17, 15) is 18.8 Å². The SMILES string of the molecule is CCCCCCCCOC(=O)[C@H]1COP(=S)(OCCn2c(=O)c(F)cn(C3CCCO3)c2=O)N1. The second kappa shape index (κ2) is 13.0. The van der Waals surface area contributed by atoms with Crippen molar-refractivity contribution in [2.24, 2.45) is 0 Å². The fourth-order valence-corrected chi connectivity index (χ4v) is 6.05. The topological polar surface area (TPSA) is 110 Å². The number of carbonyl (C=O) groups is 1. The predicted molar refractivity (Wildman–Crippen MR) is 127 cm³/mol. The van der Waals surface area contributed by atoms with Crippen molar-refractivity contribution in [3.05, 3.63) is 32.9 Å². The van der Waals surface area contributed by atoms with E-state index < -0.39 is 41.9 Å². The predicted octanol–water partition coefficient (Wildman–Crippen LogP) is 2.59. The third-order valence-electron chi connectivity index (χ3n) is 5.70. The Hall–Kier alpha value is -1.43. The summed E-state index contributed by atoms with van der Waals surface area (Å²) in [7, 11) is 0. The zero-order valence-electron chi connectivity index (χ0n) is 19.4. The number of carbonyl (C=O) groups excluding carboxylic acids is 1. The zero-order valence-corrected chi connectivity index (χ0v) is 21.1. The highest BCUT2D eigenvalue weighted by molar-refractivity contribution is 8.09. The van der Waals surface area contributed by atoms with Crippen LogP contribution in [0.4, 0.5) is 4.39 Å². The van der Waals surface area contributed by atoms with Crippen molar-refractivity contribution in [1.82, 2.24) is 14.2 Å². The summed E-state index contributed by atoms with van der Waals surface area (Å²) in [6.45, 7) is -0.425. The average Bonchev–Trinajstić information content (AvgIpc) is 3.48. The number of halogens is 1. The van der Waals surface area contributed by atoms with E-state index in [0.717, 1.165) is 41.0 Å². The highest BCUT2D eigenvalue weighted by atomic mass is 32.5. The maximum atomic E-state index is 14.1. The van der Waals surface area contributed by atoms with Crippen LogP contribution in [0.2, 0.25) is 0 Å². The highest BCUT2D eigenvalue weighted by Crippen LogP contribution is 2.48. The van der Waals surface area contributed by atoms with Crippen LogP contribution in [0.15, 0.2) is 15.8 Å². The van der Waals surface area contributed by atoms with E-state index in [1.165, 1.54) is 19.3 Å². The van der Waals surface area contributed by atoms with Crippen LogP contribution in [0.25, 0.3) is 0 Å². The number of ether oxygens (including phenoxy) is 2. The molecule has 1 aromatic rings. The molecule has 0 spiro atoms. The lowest BCUT2D eigenvalue weighted by Gasteiger charge is -2.18. The minimum absolute atomic E-state index is 0.0123. The van der Waals surface area contributed by atoms with Gasteiger partial charge < -0.3 is 18.5 Å². The number of hydrogen-bond donors (Lipinski definition) is 1. The minimum Gasteiger partial charge on any atom is -0.464 e. The Morgan fingerprint density at radius 3 is 2.76 bits per heavy atom. The van der Waals surface area contributed by atoms with E-state index in [2.05, 4.69) is 12.0 Å². The summed E-state index contributed by atoms with van der Waals surface area (Å²) in [4.78, 5) is 37.1. The van der Waals surface area contributed by atoms with Gasteiger partial charge in [0.05, 0.1) is 32.6 Å². The van der Waals surface area contributed by atoms with E-state index in [4.69, 9.17) is 30.3 Å². The van der Waals surface area contributed by atoms with E-state index >= 15 is 0 Å². The second-order valence-electron chi connectivity index (χ2n) is 8.33. The quantitative estimate of drug-likeness (QED) is 0.238. The molecule has 0 saturated carbocycles. The number of hydrogen-bond acceptors (Lipinski definition) is 8. The van der Waals surface area contributed by atoms with Crippen molar-refractivity contribution in [2.45, 2.75) is 77.1 Å². The van der Waals surface area contributed by atoms with Gasteiger partial charge in [-0.15, -0.1) is 0 Å². The van der Waals surface area contributed by atoms with Gasteiger partial charge in [-0.1, -0.05) is 39.0 Å². The molecule has 3 heterocycles. The number of nitrogens with one attached hydrogen (secondary N) is 1. The Balaban J connectivity index is 1.46. The largest absolute Gasteiger partial charge is 0.464 e. The summed E-state index contributed by atoms with van der Waals surface area (Å²) in [5, 5.41) is 2.86. The van der Waals surface area contributed by atoms with E-state index in [0.29, 0.717) is 19.6 Å². The Bertz CT molecular complexity index is 996. The average molecular weight is 522 g/mol. The van der Waals surface area contributed by atoms with Gasteiger partial charge in [0.1, 0.15) is 12.3 Å². The van der Waals surface area contributed by atoms with Gasteiger partial charge in [-0.2, -0.15) is 4.39 Å². The first-order valence-electron chi connectivity index (χ1n) is 11.8. The highest BCUT2D eigenvalue weighted by Gasteiger charge is 2.37. The lowest BCUT2D eigenvalue weighted by atomic mass is 10.1. The molecule has 2 unspecified atom stereocenters. The molecule has 0 radical (unpaired) electrons. The van der Waals surface area contributed by atoms with Crippen LogP contribution < -0.4 is 16.3 Å². The van der Waals surface area contributed by atoms with Crippen molar-refractivity contribution in [2.75, 3.05) is 26.4 Å². The number of nitrogens with zero attached hydrogens (tertiary/aromatic N) is 2. The van der Waals surface area contributed by atoms with Gasteiger partial charge in [-0.05, 0) is 31.1 Å². The van der Waals surface area contributed by atoms with Crippen LogP contribution in [0.1, 0.15) is 64.5 Å². The molecule has 2 fully saturated rings. The number of aromatic nitrogens is 2.